The molecule has 3 nitrogen and oxygen atoms in total. The number of rotatable bonds is 3. The Hall–Kier alpha value is -0.940. The van der Waals surface area contributed by atoms with E-state index in [1.54, 1.807) is 13.8 Å². The molecule has 0 aromatic rings. The maximum absolute atomic E-state index is 11.5. The molecule has 0 heterocycles. The van der Waals surface area contributed by atoms with Gasteiger partial charge in [-0.2, -0.15) is 13.2 Å². The molecule has 0 spiro atoms. The Morgan fingerprint density at radius 3 is 2.38 bits per heavy atom. The van der Waals surface area contributed by atoms with Gasteiger partial charge in [-0.3, -0.25) is 0 Å². The second-order valence-electron chi connectivity index (χ2n) is 2.49. The number of alkyl halides is 3. The van der Waals surface area contributed by atoms with E-state index in [1.165, 1.54) is 0 Å². The SMILES string of the molecule is CCC(C)OC(=O)OCC(F)(F)F. The van der Waals surface area contributed by atoms with Crippen LogP contribution in [0.25, 0.3) is 0 Å². The molecule has 0 rings (SSSR count). The van der Waals surface area contributed by atoms with Crippen LogP contribution in [0, 0.1) is 0 Å². The number of ether oxygens (including phenoxy) is 2. The Labute approximate surface area is 73.8 Å². The van der Waals surface area contributed by atoms with Crippen molar-refractivity contribution in [2.75, 3.05) is 6.61 Å². The first-order chi connectivity index (χ1) is 5.85. The van der Waals surface area contributed by atoms with Crippen LogP contribution >= 0.6 is 0 Å². The van der Waals surface area contributed by atoms with Crippen molar-refractivity contribution < 1.29 is 27.4 Å². The van der Waals surface area contributed by atoms with Crippen LogP contribution < -0.4 is 0 Å². The first kappa shape index (κ1) is 12.1. The first-order valence-corrected chi connectivity index (χ1v) is 3.75. The highest BCUT2D eigenvalue weighted by molar-refractivity contribution is 5.60. The third kappa shape index (κ3) is 7.42. The highest BCUT2D eigenvalue weighted by Gasteiger charge is 2.30. The van der Waals surface area contributed by atoms with Crippen LogP contribution in [0.5, 0.6) is 0 Å². The average Bonchev–Trinajstić information content (AvgIpc) is 1.99. The lowest BCUT2D eigenvalue weighted by atomic mass is 10.3. The van der Waals surface area contributed by atoms with Crippen LogP contribution in [-0.4, -0.2) is 25.0 Å². The highest BCUT2D eigenvalue weighted by atomic mass is 19.4. The quantitative estimate of drug-likeness (QED) is 0.656. The van der Waals surface area contributed by atoms with E-state index in [1.807, 2.05) is 0 Å². The fourth-order valence-corrected chi connectivity index (χ4v) is 0.422. The van der Waals surface area contributed by atoms with E-state index in [9.17, 15) is 18.0 Å². The van der Waals surface area contributed by atoms with Crippen LogP contribution in [0.2, 0.25) is 0 Å². The Balaban J connectivity index is 3.64. The molecule has 0 aromatic carbocycles. The molecule has 0 aromatic heterocycles. The summed E-state index contributed by atoms with van der Waals surface area (Å²) in [5.41, 5.74) is 0. The number of carbonyl (C=O) groups is 1. The van der Waals surface area contributed by atoms with Gasteiger partial charge in [-0.1, -0.05) is 6.92 Å². The molecule has 13 heavy (non-hydrogen) atoms. The molecular formula is C7H11F3O3. The fourth-order valence-electron chi connectivity index (χ4n) is 0.422. The second-order valence-corrected chi connectivity index (χ2v) is 2.49. The molecule has 78 valence electrons. The molecule has 0 aliphatic rings. The van der Waals surface area contributed by atoms with Crippen LogP contribution in [0.3, 0.4) is 0 Å². The van der Waals surface area contributed by atoms with Crippen molar-refractivity contribution in [3.05, 3.63) is 0 Å². The van der Waals surface area contributed by atoms with E-state index in [-0.39, 0.29) is 0 Å². The van der Waals surface area contributed by atoms with Gasteiger partial charge in [0.2, 0.25) is 0 Å². The van der Waals surface area contributed by atoms with E-state index in [0.717, 1.165) is 0 Å². The smallest absolute Gasteiger partial charge is 0.431 e. The fraction of sp³-hybridized carbons (Fsp3) is 0.857. The van der Waals surface area contributed by atoms with Gasteiger partial charge in [0.15, 0.2) is 6.61 Å². The van der Waals surface area contributed by atoms with Crippen LogP contribution in [-0.2, 0) is 9.47 Å². The molecule has 1 unspecified atom stereocenters. The van der Waals surface area contributed by atoms with E-state index in [4.69, 9.17) is 0 Å². The van der Waals surface area contributed by atoms with Crippen LogP contribution in [0.4, 0.5) is 18.0 Å². The topological polar surface area (TPSA) is 35.5 Å². The predicted molar refractivity (Wildman–Crippen MR) is 38.2 cm³/mol. The number of halogens is 3. The van der Waals surface area contributed by atoms with Crippen molar-refractivity contribution >= 4 is 6.16 Å². The highest BCUT2D eigenvalue weighted by Crippen LogP contribution is 2.14. The van der Waals surface area contributed by atoms with Crippen molar-refractivity contribution in [1.82, 2.24) is 0 Å². The average molecular weight is 200 g/mol. The van der Waals surface area contributed by atoms with Crippen LogP contribution in [0.1, 0.15) is 20.3 Å². The van der Waals surface area contributed by atoms with E-state index in [0.29, 0.717) is 6.42 Å². The third-order valence-corrected chi connectivity index (χ3v) is 1.23. The van der Waals surface area contributed by atoms with Crippen molar-refractivity contribution in [1.29, 1.82) is 0 Å². The minimum Gasteiger partial charge on any atom is -0.431 e. The summed E-state index contributed by atoms with van der Waals surface area (Å²) in [4.78, 5) is 10.5. The minimum absolute atomic E-state index is 0.430. The molecule has 0 saturated carbocycles. The van der Waals surface area contributed by atoms with E-state index >= 15 is 0 Å². The molecule has 0 aliphatic carbocycles. The maximum Gasteiger partial charge on any atom is 0.508 e. The number of hydrogen-bond acceptors (Lipinski definition) is 3. The second kappa shape index (κ2) is 4.94. The molecule has 0 radical (unpaired) electrons. The Morgan fingerprint density at radius 2 is 2.00 bits per heavy atom. The van der Waals surface area contributed by atoms with E-state index in [2.05, 4.69) is 9.47 Å². The summed E-state index contributed by atoms with van der Waals surface area (Å²) in [5.74, 6) is 0. The normalized spacial score (nSPS) is 13.6. The van der Waals surface area contributed by atoms with Gasteiger partial charge in [-0.05, 0) is 13.3 Å². The van der Waals surface area contributed by atoms with Crippen molar-refractivity contribution in [2.24, 2.45) is 0 Å². The summed E-state index contributed by atoms with van der Waals surface area (Å²) < 4.78 is 42.7. The zero-order valence-electron chi connectivity index (χ0n) is 7.35. The van der Waals surface area contributed by atoms with Gasteiger partial charge in [0.25, 0.3) is 0 Å². The summed E-state index contributed by atoms with van der Waals surface area (Å²) in [6.07, 6.45) is -5.69. The Kier molecular flexibility index (Phi) is 4.58. The summed E-state index contributed by atoms with van der Waals surface area (Å²) in [7, 11) is 0. The lowest BCUT2D eigenvalue weighted by Gasteiger charge is -2.11. The lowest BCUT2D eigenvalue weighted by molar-refractivity contribution is -0.166. The zero-order valence-corrected chi connectivity index (χ0v) is 7.35. The summed E-state index contributed by atoms with van der Waals surface area (Å²) in [6, 6.07) is 0. The number of carbonyl (C=O) groups excluding carboxylic acids is 1. The molecule has 0 amide bonds. The molecule has 0 saturated heterocycles. The van der Waals surface area contributed by atoms with Gasteiger partial charge in [0, 0.05) is 0 Å². The van der Waals surface area contributed by atoms with Gasteiger partial charge in [-0.15, -0.1) is 0 Å². The summed E-state index contributed by atoms with van der Waals surface area (Å²) in [6.45, 7) is 1.69. The number of hydrogen-bond donors (Lipinski definition) is 0. The maximum atomic E-state index is 11.5. The first-order valence-electron chi connectivity index (χ1n) is 3.75. The van der Waals surface area contributed by atoms with Gasteiger partial charge >= 0.3 is 12.3 Å². The standard InChI is InChI=1S/C7H11F3O3/c1-3-5(2)13-6(11)12-4-7(8,9)10/h5H,3-4H2,1-2H3. The molecule has 0 bridgehead atoms. The van der Waals surface area contributed by atoms with Crippen molar-refractivity contribution in [3.8, 4) is 0 Å². The Bertz CT molecular complexity index is 167. The largest absolute Gasteiger partial charge is 0.508 e. The Morgan fingerprint density at radius 1 is 1.46 bits per heavy atom. The molecule has 6 heteroatoms. The summed E-state index contributed by atoms with van der Waals surface area (Å²) in [5, 5.41) is 0. The van der Waals surface area contributed by atoms with Crippen molar-refractivity contribution in [3.63, 3.8) is 0 Å². The third-order valence-electron chi connectivity index (χ3n) is 1.23. The zero-order chi connectivity index (χ0) is 10.5. The molecular weight excluding hydrogens is 189 g/mol. The molecule has 0 aliphatic heterocycles. The van der Waals surface area contributed by atoms with Gasteiger partial charge in [0.05, 0.1) is 0 Å². The predicted octanol–water partition coefficient (Wildman–Crippen LogP) is 2.50. The van der Waals surface area contributed by atoms with Gasteiger partial charge in [0.1, 0.15) is 6.10 Å². The molecule has 0 N–H and O–H groups in total. The molecule has 1 atom stereocenters. The van der Waals surface area contributed by atoms with E-state index < -0.39 is 25.0 Å². The van der Waals surface area contributed by atoms with Gasteiger partial charge < -0.3 is 9.47 Å². The van der Waals surface area contributed by atoms with Gasteiger partial charge in [-0.25, -0.2) is 4.79 Å². The minimum atomic E-state index is -4.51. The summed E-state index contributed by atoms with van der Waals surface area (Å²) >= 11 is 0. The van der Waals surface area contributed by atoms with Crippen LogP contribution in [0.15, 0.2) is 0 Å². The monoisotopic (exact) mass is 200 g/mol. The lowest BCUT2D eigenvalue weighted by Crippen LogP contribution is -2.23. The molecule has 0 fully saturated rings. The van der Waals surface area contributed by atoms with Crippen molar-refractivity contribution in [2.45, 2.75) is 32.5 Å².